The van der Waals surface area contributed by atoms with Crippen molar-refractivity contribution in [3.05, 3.63) is 42.9 Å². The molecule has 0 spiro atoms. The Morgan fingerprint density at radius 3 is 2.66 bits per heavy atom. The summed E-state index contributed by atoms with van der Waals surface area (Å²) in [6, 6.07) is 8.32. The minimum atomic E-state index is 0.135. The lowest BCUT2D eigenvalue weighted by atomic mass is 9.89. The molecule has 1 aliphatic carbocycles. The summed E-state index contributed by atoms with van der Waals surface area (Å²) in [7, 11) is 2.15. The number of hydrogen-bond acceptors (Lipinski definition) is 8. The van der Waals surface area contributed by atoms with E-state index in [4.69, 9.17) is 4.74 Å². The molecule has 150 valence electrons. The van der Waals surface area contributed by atoms with Gasteiger partial charge >= 0.3 is 0 Å². The largest absolute Gasteiger partial charge is 0.472 e. The second-order valence-electron chi connectivity index (χ2n) is 7.78. The lowest BCUT2D eigenvalue weighted by Gasteiger charge is -2.37. The van der Waals surface area contributed by atoms with Crippen LogP contribution in [-0.2, 0) is 0 Å². The molecule has 1 N–H and O–H groups in total. The Hall–Kier alpha value is -3.00. The first-order valence-corrected chi connectivity index (χ1v) is 10.1. The van der Waals surface area contributed by atoms with Crippen molar-refractivity contribution in [2.24, 2.45) is 0 Å². The molecule has 0 bridgehead atoms. The molecule has 2 aliphatic rings. The molecule has 0 unspecified atom stereocenters. The Balaban J connectivity index is 1.19. The van der Waals surface area contributed by atoms with Gasteiger partial charge in [0.05, 0.1) is 5.52 Å². The van der Waals surface area contributed by atoms with E-state index in [-0.39, 0.29) is 6.10 Å². The number of rotatable bonds is 5. The second-order valence-corrected chi connectivity index (χ2v) is 7.78. The Bertz CT molecular complexity index is 983. The smallest absolute Gasteiger partial charge is 0.257 e. The van der Waals surface area contributed by atoms with Crippen LogP contribution in [0.3, 0.4) is 0 Å². The number of para-hydroxylation sites is 1. The van der Waals surface area contributed by atoms with Crippen LogP contribution >= 0.6 is 0 Å². The molecule has 3 aromatic rings. The molecular weight excluding hydrogens is 366 g/mol. The van der Waals surface area contributed by atoms with Crippen LogP contribution in [0.4, 0.5) is 11.8 Å². The zero-order valence-electron chi connectivity index (χ0n) is 16.5. The molecule has 8 nitrogen and oxygen atoms in total. The van der Waals surface area contributed by atoms with Gasteiger partial charge in [0.1, 0.15) is 6.10 Å². The topological polar surface area (TPSA) is 79.3 Å². The van der Waals surface area contributed by atoms with Crippen molar-refractivity contribution in [2.45, 2.75) is 25.0 Å². The van der Waals surface area contributed by atoms with Crippen molar-refractivity contribution >= 4 is 22.7 Å². The highest BCUT2D eigenvalue weighted by Crippen LogP contribution is 2.31. The zero-order valence-corrected chi connectivity index (χ0v) is 16.5. The summed E-state index contributed by atoms with van der Waals surface area (Å²) in [5.74, 6) is 2.17. The van der Waals surface area contributed by atoms with Crippen LogP contribution in [0.15, 0.2) is 42.9 Å². The minimum Gasteiger partial charge on any atom is -0.472 e. The lowest BCUT2D eigenvalue weighted by molar-refractivity contribution is 0.102. The van der Waals surface area contributed by atoms with Gasteiger partial charge in [-0.25, -0.2) is 19.9 Å². The molecule has 3 heterocycles. The van der Waals surface area contributed by atoms with Crippen LogP contribution < -0.4 is 15.0 Å². The van der Waals surface area contributed by atoms with E-state index in [1.807, 2.05) is 30.5 Å². The number of hydrogen-bond donors (Lipinski definition) is 1. The molecule has 5 rings (SSSR count). The molecule has 29 heavy (non-hydrogen) atoms. The number of piperazine rings is 1. The van der Waals surface area contributed by atoms with E-state index in [1.54, 1.807) is 12.4 Å². The summed E-state index contributed by atoms with van der Waals surface area (Å²) in [4.78, 5) is 22.6. The molecule has 1 saturated carbocycles. The van der Waals surface area contributed by atoms with Gasteiger partial charge in [0.25, 0.3) is 5.88 Å². The van der Waals surface area contributed by atoms with Gasteiger partial charge in [-0.15, -0.1) is 0 Å². The Labute approximate surface area is 170 Å². The van der Waals surface area contributed by atoms with Gasteiger partial charge in [0.2, 0.25) is 5.95 Å². The maximum absolute atomic E-state index is 6.19. The third kappa shape index (κ3) is 3.93. The summed E-state index contributed by atoms with van der Waals surface area (Å²) in [6.07, 6.45) is 7.23. The van der Waals surface area contributed by atoms with Gasteiger partial charge in [-0.1, -0.05) is 18.2 Å². The fourth-order valence-corrected chi connectivity index (χ4v) is 3.80. The summed E-state index contributed by atoms with van der Waals surface area (Å²) in [6.45, 7) is 3.94. The van der Waals surface area contributed by atoms with Gasteiger partial charge in [0, 0.05) is 69.0 Å². The molecule has 0 amide bonds. The van der Waals surface area contributed by atoms with Crippen LogP contribution in [0.2, 0.25) is 0 Å². The molecule has 1 aromatic carbocycles. The Kier molecular flexibility index (Phi) is 4.85. The SMILES string of the molecule is CN1CCN(c2nccnc2OC2CC(Nc3ncc4ccccc4n3)C2)CC1. The maximum Gasteiger partial charge on any atom is 0.257 e. The van der Waals surface area contributed by atoms with Crippen LogP contribution in [0.5, 0.6) is 5.88 Å². The normalized spacial score (nSPS) is 22.3. The van der Waals surface area contributed by atoms with Gasteiger partial charge in [0.15, 0.2) is 5.82 Å². The second kappa shape index (κ2) is 7.79. The van der Waals surface area contributed by atoms with Crippen LogP contribution in [0.1, 0.15) is 12.8 Å². The van der Waals surface area contributed by atoms with Crippen LogP contribution in [0, 0.1) is 0 Å². The fraction of sp³-hybridized carbons (Fsp3) is 0.429. The average Bonchev–Trinajstić information content (AvgIpc) is 2.73. The predicted molar refractivity (Wildman–Crippen MR) is 112 cm³/mol. The number of fused-ring (bicyclic) bond motifs is 1. The number of aromatic nitrogens is 4. The first-order valence-electron chi connectivity index (χ1n) is 10.1. The molecule has 1 saturated heterocycles. The number of anilines is 2. The molecule has 1 aliphatic heterocycles. The third-order valence-electron chi connectivity index (χ3n) is 5.64. The number of ether oxygens (including phenoxy) is 1. The van der Waals surface area contributed by atoms with E-state index in [0.29, 0.717) is 17.9 Å². The number of benzene rings is 1. The first-order chi connectivity index (χ1) is 14.2. The van der Waals surface area contributed by atoms with E-state index >= 15 is 0 Å². The van der Waals surface area contributed by atoms with Crippen molar-refractivity contribution in [3.8, 4) is 5.88 Å². The summed E-state index contributed by atoms with van der Waals surface area (Å²) < 4.78 is 6.19. The summed E-state index contributed by atoms with van der Waals surface area (Å²) >= 11 is 0. The molecule has 0 atom stereocenters. The van der Waals surface area contributed by atoms with E-state index in [0.717, 1.165) is 55.7 Å². The summed E-state index contributed by atoms with van der Waals surface area (Å²) in [5.41, 5.74) is 0.952. The number of nitrogens with one attached hydrogen (secondary N) is 1. The quantitative estimate of drug-likeness (QED) is 0.709. The van der Waals surface area contributed by atoms with Crippen LogP contribution in [0.25, 0.3) is 10.9 Å². The molecule has 0 radical (unpaired) electrons. The fourth-order valence-electron chi connectivity index (χ4n) is 3.80. The van der Waals surface area contributed by atoms with Gasteiger partial charge in [-0.2, -0.15) is 0 Å². The zero-order chi connectivity index (χ0) is 19.6. The van der Waals surface area contributed by atoms with Crippen molar-refractivity contribution in [2.75, 3.05) is 43.4 Å². The van der Waals surface area contributed by atoms with Crippen molar-refractivity contribution in [1.29, 1.82) is 0 Å². The monoisotopic (exact) mass is 391 g/mol. The Morgan fingerprint density at radius 1 is 1.00 bits per heavy atom. The van der Waals surface area contributed by atoms with E-state index in [1.165, 1.54) is 0 Å². The van der Waals surface area contributed by atoms with Crippen molar-refractivity contribution < 1.29 is 4.74 Å². The van der Waals surface area contributed by atoms with Gasteiger partial charge < -0.3 is 19.9 Å². The highest BCUT2D eigenvalue weighted by molar-refractivity contribution is 5.78. The van der Waals surface area contributed by atoms with Gasteiger partial charge in [-0.05, 0) is 13.1 Å². The molecule has 8 heteroatoms. The van der Waals surface area contributed by atoms with E-state index in [9.17, 15) is 0 Å². The van der Waals surface area contributed by atoms with Crippen molar-refractivity contribution in [3.63, 3.8) is 0 Å². The van der Waals surface area contributed by atoms with E-state index in [2.05, 4.69) is 42.1 Å². The van der Waals surface area contributed by atoms with Crippen LogP contribution in [-0.4, -0.2) is 70.2 Å². The van der Waals surface area contributed by atoms with E-state index < -0.39 is 0 Å². The number of likely N-dealkylation sites (N-methyl/N-ethyl adjacent to an activating group) is 1. The standard InChI is InChI=1S/C21H25N7O/c1-27-8-10-28(11-9-27)19-20(23-7-6-22-19)29-17-12-16(13-17)25-21-24-14-15-4-2-3-5-18(15)26-21/h2-7,14,16-17H,8-13H2,1H3,(H,24,25,26). The average molecular weight is 391 g/mol. The van der Waals surface area contributed by atoms with Gasteiger partial charge in [-0.3, -0.25) is 0 Å². The predicted octanol–water partition coefficient (Wildman–Crippen LogP) is 2.19. The lowest BCUT2D eigenvalue weighted by Crippen LogP contribution is -2.46. The summed E-state index contributed by atoms with van der Waals surface area (Å²) in [5, 5.41) is 4.46. The third-order valence-corrected chi connectivity index (χ3v) is 5.64. The number of nitrogens with zero attached hydrogens (tertiary/aromatic N) is 6. The highest BCUT2D eigenvalue weighted by Gasteiger charge is 2.33. The Morgan fingerprint density at radius 2 is 1.79 bits per heavy atom. The minimum absolute atomic E-state index is 0.135. The molecule has 2 aromatic heterocycles. The first kappa shape index (κ1) is 18.1. The molecular formula is C21H25N7O. The highest BCUT2D eigenvalue weighted by atomic mass is 16.5. The maximum atomic E-state index is 6.19. The molecule has 2 fully saturated rings. The van der Waals surface area contributed by atoms with Crippen molar-refractivity contribution in [1.82, 2.24) is 24.8 Å².